The molecular weight excluding hydrogens is 390 g/mol. The Morgan fingerprint density at radius 2 is 1.81 bits per heavy atom. The van der Waals surface area contributed by atoms with Crippen LogP contribution in [0.2, 0.25) is 0 Å². The lowest BCUT2D eigenvalue weighted by molar-refractivity contribution is 0.120. The molecule has 1 unspecified atom stereocenters. The van der Waals surface area contributed by atoms with Gasteiger partial charge in [0.05, 0.1) is 24.6 Å². The van der Waals surface area contributed by atoms with Crippen LogP contribution in [0.1, 0.15) is 24.1 Å². The van der Waals surface area contributed by atoms with Crippen molar-refractivity contribution in [2.24, 2.45) is 0 Å². The molecule has 1 aliphatic heterocycles. The molecule has 31 heavy (non-hydrogen) atoms. The van der Waals surface area contributed by atoms with Crippen LogP contribution < -0.4 is 15.8 Å². The highest BCUT2D eigenvalue weighted by atomic mass is 16.5. The minimum absolute atomic E-state index is 0.0729. The first-order valence-electron chi connectivity index (χ1n) is 10.6. The molecule has 1 saturated heterocycles. The molecule has 1 N–H and O–H groups in total. The van der Waals surface area contributed by atoms with E-state index in [0.29, 0.717) is 43.3 Å². The van der Waals surface area contributed by atoms with Crippen LogP contribution in [0.25, 0.3) is 21.7 Å². The van der Waals surface area contributed by atoms with Crippen LogP contribution in [-0.2, 0) is 4.74 Å². The maximum absolute atomic E-state index is 12.9. The lowest BCUT2D eigenvalue weighted by atomic mass is 10.0. The summed E-state index contributed by atoms with van der Waals surface area (Å²) < 4.78 is 11.7. The maximum atomic E-state index is 12.9. The summed E-state index contributed by atoms with van der Waals surface area (Å²) in [4.78, 5) is 19.0. The number of morpholine rings is 1. The normalized spacial score (nSPS) is 15.4. The van der Waals surface area contributed by atoms with E-state index in [4.69, 9.17) is 9.15 Å². The summed E-state index contributed by atoms with van der Waals surface area (Å²) in [5.74, 6) is 0. The van der Waals surface area contributed by atoms with Crippen LogP contribution in [0.5, 0.6) is 0 Å². The summed E-state index contributed by atoms with van der Waals surface area (Å²) in [7, 11) is 0. The van der Waals surface area contributed by atoms with Crippen molar-refractivity contribution in [3.8, 4) is 0 Å². The molecule has 6 heteroatoms. The number of hydrogen-bond acceptors (Lipinski definition) is 6. The third-order valence-electron chi connectivity index (χ3n) is 5.79. The largest absolute Gasteiger partial charge is 0.424 e. The Morgan fingerprint density at radius 1 is 1.03 bits per heavy atom. The summed E-state index contributed by atoms with van der Waals surface area (Å²) in [5.41, 5.74) is 3.32. The molecule has 4 aromatic rings. The Balaban J connectivity index is 1.59. The number of nitrogens with zero attached hydrogens (tertiary/aromatic N) is 2. The van der Waals surface area contributed by atoms with E-state index in [1.54, 1.807) is 0 Å². The van der Waals surface area contributed by atoms with Crippen LogP contribution in [0.3, 0.4) is 0 Å². The Kier molecular flexibility index (Phi) is 5.08. The van der Waals surface area contributed by atoms with Gasteiger partial charge in [0.1, 0.15) is 5.58 Å². The fourth-order valence-corrected chi connectivity index (χ4v) is 4.21. The molecule has 1 atom stereocenters. The molecule has 0 aliphatic carbocycles. The van der Waals surface area contributed by atoms with Crippen molar-refractivity contribution in [2.45, 2.75) is 19.9 Å². The number of nitrogens with one attached hydrogen (secondary N) is 1. The van der Waals surface area contributed by atoms with Crippen molar-refractivity contribution in [1.82, 2.24) is 4.98 Å². The van der Waals surface area contributed by atoms with Gasteiger partial charge in [0.25, 0.3) is 5.56 Å². The fourth-order valence-electron chi connectivity index (χ4n) is 4.21. The first kappa shape index (κ1) is 19.6. The van der Waals surface area contributed by atoms with Gasteiger partial charge in [0.2, 0.25) is 0 Å². The molecular formula is C25H25N3O3. The third-order valence-corrected chi connectivity index (χ3v) is 5.79. The monoisotopic (exact) mass is 415 g/mol. The SMILES string of the molecule is Cc1cc(C(C)Nc2cccc3ccccc23)c2oc(N3CCOCC3)nc(=O)c2c1. The van der Waals surface area contributed by atoms with Gasteiger partial charge in [-0.25, -0.2) is 0 Å². The van der Waals surface area contributed by atoms with Crippen LogP contribution in [-0.4, -0.2) is 31.3 Å². The second kappa shape index (κ2) is 8.04. The zero-order valence-corrected chi connectivity index (χ0v) is 17.7. The van der Waals surface area contributed by atoms with E-state index in [0.717, 1.165) is 22.2 Å². The van der Waals surface area contributed by atoms with E-state index in [1.807, 2.05) is 36.1 Å². The molecule has 3 aromatic carbocycles. The van der Waals surface area contributed by atoms with Gasteiger partial charge in [-0.05, 0) is 36.9 Å². The first-order valence-corrected chi connectivity index (χ1v) is 10.6. The van der Waals surface area contributed by atoms with Crippen LogP contribution in [0, 0.1) is 6.92 Å². The lowest BCUT2D eigenvalue weighted by Crippen LogP contribution is -2.37. The Bertz CT molecular complexity index is 1300. The number of benzene rings is 3. The Hall–Kier alpha value is -3.38. The standard InChI is InChI=1S/C25H25N3O3/c1-16-14-20(17(2)26-22-9-5-7-18-6-3-4-8-19(18)22)23-21(15-16)24(29)27-25(31-23)28-10-12-30-13-11-28/h3-9,14-15,17,26H,10-13H2,1-2H3. The predicted octanol–water partition coefficient (Wildman–Crippen LogP) is 4.66. The summed E-state index contributed by atoms with van der Waals surface area (Å²) in [6, 6.07) is 18.7. The first-order chi connectivity index (χ1) is 15.1. The third kappa shape index (κ3) is 3.75. The summed E-state index contributed by atoms with van der Waals surface area (Å²) in [6.45, 7) is 6.60. The molecule has 1 fully saturated rings. The molecule has 0 radical (unpaired) electrons. The van der Waals surface area contributed by atoms with Gasteiger partial charge in [-0.3, -0.25) is 4.79 Å². The van der Waals surface area contributed by atoms with Crippen LogP contribution in [0.4, 0.5) is 11.7 Å². The fraction of sp³-hybridized carbons (Fsp3) is 0.280. The van der Waals surface area contributed by atoms with Gasteiger partial charge < -0.3 is 19.4 Å². The molecule has 0 bridgehead atoms. The van der Waals surface area contributed by atoms with Gasteiger partial charge in [-0.2, -0.15) is 4.98 Å². The highest BCUT2D eigenvalue weighted by molar-refractivity contribution is 5.94. The quantitative estimate of drug-likeness (QED) is 0.523. The number of anilines is 2. The number of rotatable bonds is 4. The number of fused-ring (bicyclic) bond motifs is 2. The second-order valence-corrected chi connectivity index (χ2v) is 8.02. The zero-order valence-electron chi connectivity index (χ0n) is 17.7. The van der Waals surface area contributed by atoms with Gasteiger partial charge in [-0.1, -0.05) is 42.5 Å². The van der Waals surface area contributed by atoms with Gasteiger partial charge >= 0.3 is 6.01 Å². The van der Waals surface area contributed by atoms with E-state index in [-0.39, 0.29) is 11.6 Å². The van der Waals surface area contributed by atoms with Crippen LogP contribution >= 0.6 is 0 Å². The molecule has 6 nitrogen and oxygen atoms in total. The van der Waals surface area contributed by atoms with E-state index in [1.165, 1.54) is 5.39 Å². The molecule has 1 aliphatic rings. The van der Waals surface area contributed by atoms with Gasteiger partial charge in [-0.15, -0.1) is 0 Å². The van der Waals surface area contributed by atoms with Crippen molar-refractivity contribution in [2.75, 3.05) is 36.5 Å². The minimum atomic E-state index is -0.259. The van der Waals surface area contributed by atoms with E-state index in [2.05, 4.69) is 47.6 Å². The number of hydrogen-bond donors (Lipinski definition) is 1. The second-order valence-electron chi connectivity index (χ2n) is 8.02. The van der Waals surface area contributed by atoms with Crippen molar-refractivity contribution in [3.63, 3.8) is 0 Å². The summed E-state index contributed by atoms with van der Waals surface area (Å²) in [5, 5.41) is 6.47. The number of ether oxygens (including phenoxy) is 1. The zero-order chi connectivity index (χ0) is 21.4. The van der Waals surface area contributed by atoms with Crippen LogP contribution in [0.15, 0.2) is 63.8 Å². The van der Waals surface area contributed by atoms with E-state index < -0.39 is 0 Å². The maximum Gasteiger partial charge on any atom is 0.301 e. The minimum Gasteiger partial charge on any atom is -0.424 e. The van der Waals surface area contributed by atoms with Crippen molar-refractivity contribution >= 4 is 33.4 Å². The number of aryl methyl sites for hydroxylation is 1. The highest BCUT2D eigenvalue weighted by Gasteiger charge is 2.20. The van der Waals surface area contributed by atoms with E-state index in [9.17, 15) is 4.79 Å². The summed E-state index contributed by atoms with van der Waals surface area (Å²) >= 11 is 0. The van der Waals surface area contributed by atoms with Gasteiger partial charge in [0.15, 0.2) is 0 Å². The Labute approximate surface area is 180 Å². The topological polar surface area (TPSA) is 67.6 Å². The molecule has 1 aromatic heterocycles. The Morgan fingerprint density at radius 3 is 2.65 bits per heavy atom. The molecule has 0 spiro atoms. The molecule has 2 heterocycles. The molecule has 0 saturated carbocycles. The predicted molar refractivity (Wildman–Crippen MR) is 124 cm³/mol. The highest BCUT2D eigenvalue weighted by Crippen LogP contribution is 2.31. The van der Waals surface area contributed by atoms with Crippen molar-refractivity contribution in [1.29, 1.82) is 0 Å². The number of aromatic nitrogens is 1. The average molecular weight is 415 g/mol. The average Bonchev–Trinajstić information content (AvgIpc) is 2.80. The van der Waals surface area contributed by atoms with Crippen molar-refractivity contribution < 1.29 is 9.15 Å². The smallest absolute Gasteiger partial charge is 0.301 e. The summed E-state index contributed by atoms with van der Waals surface area (Å²) in [6.07, 6.45) is 0. The molecule has 0 amide bonds. The molecule has 5 rings (SSSR count). The van der Waals surface area contributed by atoms with E-state index >= 15 is 0 Å². The molecule has 158 valence electrons. The van der Waals surface area contributed by atoms with Crippen molar-refractivity contribution in [3.05, 3.63) is 76.1 Å². The van der Waals surface area contributed by atoms with Gasteiger partial charge in [0, 0.05) is 29.7 Å². The lowest BCUT2D eigenvalue weighted by Gasteiger charge is -2.26.